The van der Waals surface area contributed by atoms with Gasteiger partial charge in [0.05, 0.1) is 25.0 Å². The molecule has 4 rings (SSSR count). The number of aliphatic hydroxyl groups excluding tert-OH is 2. The average molecular weight is 656 g/mol. The Balaban J connectivity index is 0.00000400. The first-order valence-corrected chi connectivity index (χ1v) is 14.6. The number of benzene rings is 3. The van der Waals surface area contributed by atoms with Crippen LogP contribution in [-0.2, 0) is 16.0 Å². The number of nitrogens with zero attached hydrogens (tertiary/aromatic N) is 1. The van der Waals surface area contributed by atoms with Gasteiger partial charge in [-0.3, -0.25) is 14.4 Å². The fraction of sp³-hybridized carbons (Fsp3) is 0.229. The second-order valence-electron chi connectivity index (χ2n) is 11.2. The van der Waals surface area contributed by atoms with Crippen molar-refractivity contribution < 1.29 is 69.5 Å². The van der Waals surface area contributed by atoms with Crippen LogP contribution in [0.25, 0.3) is 28.3 Å². The van der Waals surface area contributed by atoms with Gasteiger partial charge in [-0.05, 0) is 73.0 Å². The van der Waals surface area contributed by atoms with E-state index >= 15 is 0 Å². The van der Waals surface area contributed by atoms with E-state index in [1.807, 2.05) is 13.8 Å². The van der Waals surface area contributed by atoms with Crippen molar-refractivity contribution in [3.8, 4) is 22.3 Å². The summed E-state index contributed by atoms with van der Waals surface area (Å²) in [5, 5.41) is 32.6. The second kappa shape index (κ2) is 16.6. The van der Waals surface area contributed by atoms with Crippen molar-refractivity contribution in [3.05, 3.63) is 107 Å². The molecule has 12 heteroatoms. The Kier molecular flexibility index (Phi) is 13.2. The van der Waals surface area contributed by atoms with E-state index in [0.717, 1.165) is 0 Å². The van der Waals surface area contributed by atoms with E-state index < -0.39 is 48.0 Å². The molecule has 0 fully saturated rings. The second-order valence-corrected chi connectivity index (χ2v) is 11.2. The van der Waals surface area contributed by atoms with Gasteiger partial charge in [-0.2, -0.15) is 0 Å². The van der Waals surface area contributed by atoms with Crippen LogP contribution in [0.15, 0.2) is 78.9 Å². The number of amides is 2. The maximum absolute atomic E-state index is 14.2. The molecule has 0 saturated carbocycles. The Labute approximate surface area is 294 Å². The van der Waals surface area contributed by atoms with Gasteiger partial charge in [-0.15, -0.1) is 0 Å². The molecule has 3 aromatic carbocycles. The first-order valence-electron chi connectivity index (χ1n) is 14.6. The molecule has 9 nitrogen and oxygen atoms in total. The minimum atomic E-state index is -1.30. The summed E-state index contributed by atoms with van der Waals surface area (Å²) in [4.78, 5) is 36.5. The summed E-state index contributed by atoms with van der Waals surface area (Å²) in [6, 6.07) is 17.5. The summed E-state index contributed by atoms with van der Waals surface area (Å²) in [6.45, 7) is 3.70. The van der Waals surface area contributed by atoms with E-state index in [0.29, 0.717) is 39.2 Å². The molecule has 2 amide bonds. The Morgan fingerprint density at radius 2 is 1.43 bits per heavy atom. The van der Waals surface area contributed by atoms with Gasteiger partial charge in [0.1, 0.15) is 17.3 Å². The SMILES string of the molecule is CC(C)n1c(C=C[C@@H](O)C[C@@H](O)CC(=O)O)c(-c2ccc(F)cc2)c(-c2ccc(F)cc2)c1C(=O)Nc1ccc(CC(N)=O)cc1.[H-].[Na+]. The van der Waals surface area contributed by atoms with Gasteiger partial charge >= 0.3 is 35.5 Å². The number of carboxylic acid groups (broad SMARTS) is 1. The van der Waals surface area contributed by atoms with Gasteiger partial charge in [-0.1, -0.05) is 42.5 Å². The summed E-state index contributed by atoms with van der Waals surface area (Å²) in [5.41, 5.74) is 8.99. The van der Waals surface area contributed by atoms with Crippen LogP contribution in [0, 0.1) is 11.6 Å². The van der Waals surface area contributed by atoms with Crippen LogP contribution in [0.3, 0.4) is 0 Å². The van der Waals surface area contributed by atoms with Gasteiger partial charge in [-0.25, -0.2) is 8.78 Å². The zero-order valence-electron chi connectivity index (χ0n) is 27.3. The fourth-order valence-electron chi connectivity index (χ4n) is 5.28. The minimum Gasteiger partial charge on any atom is -1.00 e. The molecule has 4 aromatic rings. The van der Waals surface area contributed by atoms with E-state index in [9.17, 15) is 33.4 Å². The van der Waals surface area contributed by atoms with Crippen molar-refractivity contribution in [3.63, 3.8) is 0 Å². The number of rotatable bonds is 13. The molecule has 0 saturated heterocycles. The number of hydrogen-bond acceptors (Lipinski definition) is 5. The van der Waals surface area contributed by atoms with Crippen LogP contribution >= 0.6 is 0 Å². The van der Waals surface area contributed by atoms with Crippen molar-refractivity contribution in [1.82, 2.24) is 4.57 Å². The van der Waals surface area contributed by atoms with Crippen molar-refractivity contribution in [1.29, 1.82) is 0 Å². The number of anilines is 1. The quantitative estimate of drug-likeness (QED) is 0.140. The third kappa shape index (κ3) is 9.69. The monoisotopic (exact) mass is 655 g/mol. The molecule has 1 heterocycles. The van der Waals surface area contributed by atoms with E-state index in [-0.39, 0.29) is 55.6 Å². The van der Waals surface area contributed by atoms with Crippen LogP contribution in [0.4, 0.5) is 14.5 Å². The first kappa shape index (κ1) is 37.3. The molecule has 1 aromatic heterocycles. The minimum absolute atomic E-state index is 0. The molecule has 47 heavy (non-hydrogen) atoms. The molecule has 2 atom stereocenters. The van der Waals surface area contributed by atoms with Gasteiger partial charge in [0, 0.05) is 35.0 Å². The smallest absolute Gasteiger partial charge is 1.00 e. The van der Waals surface area contributed by atoms with E-state index in [1.165, 1.54) is 42.5 Å². The average Bonchev–Trinajstić information content (AvgIpc) is 3.32. The zero-order valence-corrected chi connectivity index (χ0v) is 28.3. The number of aromatic nitrogens is 1. The predicted octanol–water partition coefficient (Wildman–Crippen LogP) is 2.68. The van der Waals surface area contributed by atoms with Crippen LogP contribution in [0.2, 0.25) is 0 Å². The standard InChI is InChI=1S/C35H35F2N3O6.Na.H/c1-20(2)40-29(16-15-27(41)18-28(42)19-31(44)45)32(22-5-9-24(36)10-6-22)33(23-7-11-25(37)12-8-23)34(40)35(46)39-26-13-3-21(4-14-26)17-30(38)43;;/h3-16,20,27-28,41-42H,17-19H2,1-2H3,(H2,38,43)(H,39,46)(H,44,45);;/q;+1;-1/t27-,28-;;/m1../s1. The first-order chi connectivity index (χ1) is 21.8. The molecule has 0 aliphatic carbocycles. The number of primary amides is 1. The van der Waals surface area contributed by atoms with Crippen LogP contribution in [0.5, 0.6) is 0 Å². The summed E-state index contributed by atoms with van der Waals surface area (Å²) >= 11 is 0. The molecule has 0 unspecified atom stereocenters. The number of carboxylic acids is 1. The molecule has 6 N–H and O–H groups in total. The largest absolute Gasteiger partial charge is 1.00 e. The van der Waals surface area contributed by atoms with Gasteiger partial charge in [0.15, 0.2) is 0 Å². The molecule has 0 aliphatic rings. The molecular weight excluding hydrogens is 619 g/mol. The Bertz CT molecular complexity index is 1740. The van der Waals surface area contributed by atoms with Crippen LogP contribution in [0.1, 0.15) is 55.9 Å². The Morgan fingerprint density at radius 3 is 1.91 bits per heavy atom. The van der Waals surface area contributed by atoms with E-state index in [1.54, 1.807) is 47.0 Å². The van der Waals surface area contributed by atoms with Crippen molar-refractivity contribution in [2.45, 2.75) is 51.4 Å². The third-order valence-electron chi connectivity index (χ3n) is 7.23. The van der Waals surface area contributed by atoms with Gasteiger partial charge < -0.3 is 32.4 Å². The number of nitrogens with two attached hydrogens (primary N) is 1. The van der Waals surface area contributed by atoms with Gasteiger partial charge in [0.25, 0.3) is 5.91 Å². The molecule has 0 radical (unpaired) electrons. The summed E-state index contributed by atoms with van der Waals surface area (Å²) < 4.78 is 29.9. The summed E-state index contributed by atoms with van der Waals surface area (Å²) in [5.74, 6) is -3.19. The summed E-state index contributed by atoms with van der Waals surface area (Å²) in [7, 11) is 0. The molecule has 0 aliphatic heterocycles. The Morgan fingerprint density at radius 1 is 0.894 bits per heavy atom. The van der Waals surface area contributed by atoms with Crippen molar-refractivity contribution >= 4 is 29.5 Å². The van der Waals surface area contributed by atoms with E-state index in [4.69, 9.17) is 10.8 Å². The van der Waals surface area contributed by atoms with Crippen LogP contribution in [-0.4, -0.2) is 49.9 Å². The number of nitrogens with one attached hydrogen (secondary N) is 1. The number of aliphatic hydroxyl groups is 2. The maximum atomic E-state index is 14.2. The maximum Gasteiger partial charge on any atom is 1.00 e. The predicted molar refractivity (Wildman–Crippen MR) is 172 cm³/mol. The number of aliphatic carboxylic acids is 1. The summed E-state index contributed by atoms with van der Waals surface area (Å²) in [6.07, 6.45) is -0.335. The van der Waals surface area contributed by atoms with Crippen molar-refractivity contribution in [2.24, 2.45) is 5.73 Å². The Hall–Kier alpha value is -4.13. The van der Waals surface area contributed by atoms with Gasteiger partial charge in [0.2, 0.25) is 5.91 Å². The number of halogens is 2. The number of carbonyl (C=O) groups is 3. The molecule has 0 spiro atoms. The van der Waals surface area contributed by atoms with E-state index in [2.05, 4.69) is 5.32 Å². The zero-order chi connectivity index (χ0) is 33.5. The molecule has 0 bridgehead atoms. The van der Waals surface area contributed by atoms with Crippen LogP contribution < -0.4 is 40.6 Å². The number of carbonyl (C=O) groups excluding carboxylic acids is 2. The normalized spacial score (nSPS) is 12.5. The molecular formula is C35H36F2N3NaO6. The molecule has 242 valence electrons. The van der Waals surface area contributed by atoms with Crippen molar-refractivity contribution in [2.75, 3.05) is 5.32 Å². The topological polar surface area (TPSA) is 155 Å². The number of hydrogen-bond donors (Lipinski definition) is 5. The fourth-order valence-corrected chi connectivity index (χ4v) is 5.28. The third-order valence-corrected chi connectivity index (χ3v) is 7.23.